The molecule has 2 amide bonds. The first-order valence-electron chi connectivity index (χ1n) is 9.19. The zero-order chi connectivity index (χ0) is 19.4. The van der Waals surface area contributed by atoms with Crippen molar-refractivity contribution in [3.8, 4) is 0 Å². The monoisotopic (exact) mass is 397 g/mol. The van der Waals surface area contributed by atoms with Crippen molar-refractivity contribution in [2.75, 3.05) is 19.6 Å². The van der Waals surface area contributed by atoms with Gasteiger partial charge in [-0.05, 0) is 49.9 Å². The Morgan fingerprint density at radius 2 is 1.85 bits per heavy atom. The van der Waals surface area contributed by atoms with Crippen molar-refractivity contribution in [2.45, 2.75) is 43.0 Å². The van der Waals surface area contributed by atoms with Crippen LogP contribution >= 0.6 is 0 Å². The lowest BCUT2D eigenvalue weighted by atomic mass is 9.99. The lowest BCUT2D eigenvalue weighted by molar-refractivity contribution is -0.126. The molecule has 2 fully saturated rings. The summed E-state index contributed by atoms with van der Waals surface area (Å²) in [6, 6.07) is 4.96. The number of hydrogen-bond acceptors (Lipinski definition) is 4. The molecule has 2 aliphatic rings. The smallest absolute Gasteiger partial charge is 0.243 e. The number of nitrogens with zero attached hydrogens (tertiary/aromatic N) is 1. The van der Waals surface area contributed by atoms with Crippen LogP contribution in [0.15, 0.2) is 29.2 Å². The largest absolute Gasteiger partial charge is 0.355 e. The van der Waals surface area contributed by atoms with Crippen LogP contribution in [-0.2, 0) is 19.6 Å². The number of piperidine rings is 1. The van der Waals surface area contributed by atoms with Crippen molar-refractivity contribution >= 4 is 21.8 Å². The maximum absolute atomic E-state index is 13.0. The molecule has 1 atom stereocenters. The third kappa shape index (κ3) is 5.26. The van der Waals surface area contributed by atoms with E-state index in [2.05, 4.69) is 10.6 Å². The highest BCUT2D eigenvalue weighted by atomic mass is 32.2. The van der Waals surface area contributed by atoms with Crippen molar-refractivity contribution in [3.05, 3.63) is 30.1 Å². The van der Waals surface area contributed by atoms with Crippen LogP contribution in [0, 0.1) is 11.7 Å². The van der Waals surface area contributed by atoms with E-state index in [1.165, 1.54) is 16.4 Å². The number of carbonyl (C=O) groups is 2. The lowest BCUT2D eigenvalue weighted by Crippen LogP contribution is -2.45. The molecular formula is C18H24FN3O4S. The molecule has 148 valence electrons. The second kappa shape index (κ2) is 8.35. The molecule has 2 N–H and O–H groups in total. The first-order chi connectivity index (χ1) is 12.9. The number of halogens is 1. The minimum absolute atomic E-state index is 0.0155. The molecule has 9 heteroatoms. The summed E-state index contributed by atoms with van der Waals surface area (Å²) in [4.78, 5) is 24.0. The molecule has 1 heterocycles. The Hall–Kier alpha value is -2.00. The van der Waals surface area contributed by atoms with Crippen LogP contribution in [0.2, 0.25) is 0 Å². The fourth-order valence-corrected chi connectivity index (χ4v) is 4.63. The predicted molar refractivity (Wildman–Crippen MR) is 96.7 cm³/mol. The summed E-state index contributed by atoms with van der Waals surface area (Å²) >= 11 is 0. The van der Waals surface area contributed by atoms with Crippen LogP contribution in [0.1, 0.15) is 32.1 Å². The fraction of sp³-hybridized carbons (Fsp3) is 0.556. The van der Waals surface area contributed by atoms with Crippen LogP contribution in [-0.4, -0.2) is 50.2 Å². The highest BCUT2D eigenvalue weighted by molar-refractivity contribution is 7.89. The molecule has 1 aliphatic heterocycles. The summed E-state index contributed by atoms with van der Waals surface area (Å²) in [6.45, 7) is 0.645. The molecule has 7 nitrogen and oxygen atoms in total. The van der Waals surface area contributed by atoms with E-state index in [0.29, 0.717) is 19.4 Å². The Balaban J connectivity index is 1.52. The van der Waals surface area contributed by atoms with E-state index >= 15 is 0 Å². The maximum atomic E-state index is 13.0. The molecule has 1 saturated heterocycles. The van der Waals surface area contributed by atoms with Crippen LogP contribution in [0.25, 0.3) is 0 Å². The van der Waals surface area contributed by atoms with Gasteiger partial charge in [-0.1, -0.05) is 0 Å². The number of carbonyl (C=O) groups excluding carboxylic acids is 2. The number of amides is 2. The molecule has 0 spiro atoms. The molecule has 1 saturated carbocycles. The Labute approximate surface area is 158 Å². The number of benzene rings is 1. The molecule has 0 aromatic heterocycles. The van der Waals surface area contributed by atoms with E-state index in [-0.39, 0.29) is 42.3 Å². The molecule has 3 rings (SSSR count). The van der Waals surface area contributed by atoms with Gasteiger partial charge in [0.1, 0.15) is 5.82 Å². The van der Waals surface area contributed by atoms with Crippen LogP contribution in [0.5, 0.6) is 0 Å². The number of hydrogen-bond donors (Lipinski definition) is 2. The number of rotatable bonds is 7. The minimum atomic E-state index is -3.76. The van der Waals surface area contributed by atoms with E-state index in [1.807, 2.05) is 0 Å². The topological polar surface area (TPSA) is 95.6 Å². The first-order valence-corrected chi connectivity index (χ1v) is 10.6. The van der Waals surface area contributed by atoms with Gasteiger partial charge in [-0.15, -0.1) is 0 Å². The molecule has 0 bridgehead atoms. The van der Waals surface area contributed by atoms with Gasteiger partial charge < -0.3 is 10.6 Å². The predicted octanol–water partition coefficient (Wildman–Crippen LogP) is 1.01. The lowest BCUT2D eigenvalue weighted by Gasteiger charge is -2.31. The second-order valence-electron chi connectivity index (χ2n) is 7.04. The summed E-state index contributed by atoms with van der Waals surface area (Å²) in [5.74, 6) is -1.29. The summed E-state index contributed by atoms with van der Waals surface area (Å²) in [5, 5.41) is 5.58. The van der Waals surface area contributed by atoms with Gasteiger partial charge in [0.15, 0.2) is 0 Å². The molecule has 0 unspecified atom stereocenters. The second-order valence-corrected chi connectivity index (χ2v) is 8.98. The Kier molecular flexibility index (Phi) is 6.11. The zero-order valence-electron chi connectivity index (χ0n) is 15.0. The van der Waals surface area contributed by atoms with Crippen molar-refractivity contribution in [1.29, 1.82) is 0 Å². The van der Waals surface area contributed by atoms with Gasteiger partial charge in [-0.25, -0.2) is 12.8 Å². The van der Waals surface area contributed by atoms with Crippen LogP contribution in [0.3, 0.4) is 0 Å². The van der Waals surface area contributed by atoms with E-state index in [9.17, 15) is 22.4 Å². The average molecular weight is 397 g/mol. The molecule has 0 radical (unpaired) electrons. The van der Waals surface area contributed by atoms with Crippen molar-refractivity contribution in [3.63, 3.8) is 0 Å². The van der Waals surface area contributed by atoms with Gasteiger partial charge >= 0.3 is 0 Å². The molecular weight excluding hydrogens is 373 g/mol. The van der Waals surface area contributed by atoms with Crippen molar-refractivity contribution in [2.24, 2.45) is 5.92 Å². The summed E-state index contributed by atoms with van der Waals surface area (Å²) in [5.41, 5.74) is 0. The van der Waals surface area contributed by atoms with E-state index in [0.717, 1.165) is 25.0 Å². The van der Waals surface area contributed by atoms with Crippen molar-refractivity contribution < 1.29 is 22.4 Å². The van der Waals surface area contributed by atoms with Gasteiger partial charge in [-0.3, -0.25) is 9.59 Å². The summed E-state index contributed by atoms with van der Waals surface area (Å²) in [7, 11) is -3.76. The van der Waals surface area contributed by atoms with E-state index in [1.54, 1.807) is 0 Å². The minimum Gasteiger partial charge on any atom is -0.355 e. The van der Waals surface area contributed by atoms with Crippen LogP contribution < -0.4 is 10.6 Å². The fourth-order valence-electron chi connectivity index (χ4n) is 3.10. The van der Waals surface area contributed by atoms with Crippen molar-refractivity contribution in [1.82, 2.24) is 14.9 Å². The van der Waals surface area contributed by atoms with Gasteiger partial charge in [0.05, 0.1) is 10.8 Å². The highest BCUT2D eigenvalue weighted by Gasteiger charge is 2.33. The number of nitrogens with one attached hydrogen (secondary N) is 2. The van der Waals surface area contributed by atoms with E-state index in [4.69, 9.17) is 0 Å². The standard InChI is InChI=1S/C18H24FN3O4S/c19-14-3-7-16(8-4-14)27(25,26)22-11-1-2-13(12-22)18(24)20-10-9-17(23)21-15-5-6-15/h3-4,7-8,13,15H,1-2,5-6,9-12H2,(H,20,24)(H,21,23)/t13-/m1/s1. The van der Waals surface area contributed by atoms with Crippen LogP contribution in [0.4, 0.5) is 4.39 Å². The maximum Gasteiger partial charge on any atom is 0.243 e. The van der Waals surface area contributed by atoms with Gasteiger partial charge in [0, 0.05) is 32.1 Å². The quantitative estimate of drug-likeness (QED) is 0.718. The molecule has 1 aromatic carbocycles. The molecule has 1 aliphatic carbocycles. The summed E-state index contributed by atoms with van der Waals surface area (Å²) in [6.07, 6.45) is 3.40. The number of sulfonamides is 1. The third-order valence-electron chi connectivity index (χ3n) is 4.80. The zero-order valence-corrected chi connectivity index (χ0v) is 15.8. The SMILES string of the molecule is O=C(CCNC(=O)[C@@H]1CCCN(S(=O)(=O)c2ccc(F)cc2)C1)NC1CC1. The van der Waals surface area contributed by atoms with Gasteiger partial charge in [-0.2, -0.15) is 4.31 Å². The van der Waals surface area contributed by atoms with Gasteiger partial charge in [0.2, 0.25) is 21.8 Å². The average Bonchev–Trinajstić information content (AvgIpc) is 3.46. The Morgan fingerprint density at radius 3 is 2.52 bits per heavy atom. The summed E-state index contributed by atoms with van der Waals surface area (Å²) < 4.78 is 39.7. The highest BCUT2D eigenvalue weighted by Crippen LogP contribution is 2.24. The Bertz CT molecular complexity index is 793. The normalized spacial score (nSPS) is 20.9. The molecule has 1 aromatic rings. The molecule has 27 heavy (non-hydrogen) atoms. The first kappa shape index (κ1) is 19.8. The van der Waals surface area contributed by atoms with E-state index < -0.39 is 21.8 Å². The Morgan fingerprint density at radius 1 is 1.15 bits per heavy atom. The van der Waals surface area contributed by atoms with Gasteiger partial charge in [0.25, 0.3) is 0 Å². The third-order valence-corrected chi connectivity index (χ3v) is 6.68.